The van der Waals surface area contributed by atoms with Crippen LogP contribution in [0.25, 0.3) is 0 Å². The monoisotopic (exact) mass is 318 g/mol. The van der Waals surface area contributed by atoms with Gasteiger partial charge in [-0.1, -0.05) is 0 Å². The van der Waals surface area contributed by atoms with Crippen LogP contribution in [0.4, 0.5) is 17.1 Å². The van der Waals surface area contributed by atoms with E-state index in [-0.39, 0.29) is 22.4 Å². The Balaban J connectivity index is 1.81. The van der Waals surface area contributed by atoms with Gasteiger partial charge in [0, 0.05) is 43.9 Å². The number of amides is 1. The van der Waals surface area contributed by atoms with Gasteiger partial charge in [0.1, 0.15) is 5.69 Å². The fraction of sp³-hybridized carbons (Fsp3) is 0.562. The van der Waals surface area contributed by atoms with E-state index in [0.29, 0.717) is 31.6 Å². The van der Waals surface area contributed by atoms with Crippen LogP contribution in [-0.4, -0.2) is 37.0 Å². The number of nitro groups is 1. The van der Waals surface area contributed by atoms with Crippen LogP contribution in [0, 0.1) is 16.0 Å². The zero-order chi connectivity index (χ0) is 16.4. The Morgan fingerprint density at radius 1 is 1.13 bits per heavy atom. The maximum absolute atomic E-state index is 11.5. The maximum Gasteiger partial charge on any atom is 0.294 e. The van der Waals surface area contributed by atoms with E-state index >= 15 is 0 Å². The number of rotatable bonds is 4. The highest BCUT2D eigenvalue weighted by Gasteiger charge is 2.28. The van der Waals surface area contributed by atoms with Crippen LogP contribution in [0.3, 0.4) is 0 Å². The van der Waals surface area contributed by atoms with Crippen LogP contribution in [0.1, 0.15) is 25.7 Å². The zero-order valence-corrected chi connectivity index (χ0v) is 13.1. The molecule has 1 amide bonds. The molecule has 2 heterocycles. The lowest BCUT2D eigenvalue weighted by molar-refractivity contribution is -0.384. The molecule has 2 N–H and O–H groups in total. The number of hydrogen-bond acceptors (Lipinski definition) is 5. The summed E-state index contributed by atoms with van der Waals surface area (Å²) >= 11 is 0. The summed E-state index contributed by atoms with van der Waals surface area (Å²) < 4.78 is 0. The van der Waals surface area contributed by atoms with Crippen molar-refractivity contribution in [2.75, 3.05) is 36.0 Å². The van der Waals surface area contributed by atoms with Gasteiger partial charge in [-0.3, -0.25) is 14.9 Å². The van der Waals surface area contributed by atoms with Crippen LogP contribution in [0.2, 0.25) is 0 Å². The quantitative estimate of drug-likeness (QED) is 0.676. The van der Waals surface area contributed by atoms with Crippen LogP contribution in [0.5, 0.6) is 0 Å². The summed E-state index contributed by atoms with van der Waals surface area (Å²) in [6, 6.07) is 5.49. The smallest absolute Gasteiger partial charge is 0.294 e. The highest BCUT2D eigenvalue weighted by atomic mass is 16.6. The van der Waals surface area contributed by atoms with E-state index < -0.39 is 0 Å². The van der Waals surface area contributed by atoms with E-state index in [0.717, 1.165) is 31.6 Å². The molecule has 0 atom stereocenters. The normalized spacial score (nSPS) is 19.1. The lowest BCUT2D eigenvalue weighted by Gasteiger charge is -2.32. The highest BCUT2D eigenvalue weighted by molar-refractivity contribution is 5.77. The number of nitrogens with zero attached hydrogens (tertiary/aromatic N) is 3. The van der Waals surface area contributed by atoms with Crippen LogP contribution in [-0.2, 0) is 4.79 Å². The van der Waals surface area contributed by atoms with Crippen molar-refractivity contribution in [3.63, 3.8) is 0 Å². The largest absolute Gasteiger partial charge is 0.371 e. The van der Waals surface area contributed by atoms with Crippen molar-refractivity contribution in [3.8, 4) is 0 Å². The first-order valence-electron chi connectivity index (χ1n) is 8.14. The van der Waals surface area contributed by atoms with E-state index in [1.54, 1.807) is 6.07 Å². The van der Waals surface area contributed by atoms with E-state index in [1.165, 1.54) is 0 Å². The Labute approximate surface area is 135 Å². The molecule has 0 unspecified atom stereocenters. The summed E-state index contributed by atoms with van der Waals surface area (Å²) in [6.45, 7) is 3.16. The molecule has 2 aliphatic heterocycles. The van der Waals surface area contributed by atoms with E-state index in [1.807, 2.05) is 17.0 Å². The Hall–Kier alpha value is -2.31. The summed E-state index contributed by atoms with van der Waals surface area (Å²) in [5.41, 5.74) is 7.05. The molecule has 3 rings (SSSR count). The zero-order valence-electron chi connectivity index (χ0n) is 13.1. The summed E-state index contributed by atoms with van der Waals surface area (Å²) in [5.74, 6) is -0.391. The molecule has 0 aliphatic carbocycles. The second-order valence-corrected chi connectivity index (χ2v) is 6.29. The first kappa shape index (κ1) is 15.6. The minimum Gasteiger partial charge on any atom is -0.371 e. The molecule has 7 heteroatoms. The summed E-state index contributed by atoms with van der Waals surface area (Å²) in [6.07, 6.45) is 3.58. The number of nitrogens with two attached hydrogens (primary N) is 1. The van der Waals surface area contributed by atoms with Crippen molar-refractivity contribution in [1.29, 1.82) is 0 Å². The summed E-state index contributed by atoms with van der Waals surface area (Å²) in [5, 5.41) is 11.5. The van der Waals surface area contributed by atoms with Crippen molar-refractivity contribution in [3.05, 3.63) is 28.3 Å². The Morgan fingerprint density at radius 2 is 1.78 bits per heavy atom. The van der Waals surface area contributed by atoms with Crippen LogP contribution < -0.4 is 15.5 Å². The molecule has 0 radical (unpaired) electrons. The van der Waals surface area contributed by atoms with E-state index in [9.17, 15) is 14.9 Å². The second-order valence-electron chi connectivity index (χ2n) is 6.29. The molecule has 0 bridgehead atoms. The third-order valence-electron chi connectivity index (χ3n) is 4.86. The van der Waals surface area contributed by atoms with E-state index in [4.69, 9.17) is 5.73 Å². The topological polar surface area (TPSA) is 92.7 Å². The standard InChI is InChI=1S/C16H22N4O3/c17-16(21)12-5-9-19(10-6-12)14-4-3-13(11-15(14)20(22)23)18-7-1-2-8-18/h3-4,11-12H,1-2,5-10H2,(H2,17,21). The molecular weight excluding hydrogens is 296 g/mol. The molecule has 0 spiro atoms. The highest BCUT2D eigenvalue weighted by Crippen LogP contribution is 2.35. The van der Waals surface area contributed by atoms with Gasteiger partial charge in [-0.15, -0.1) is 0 Å². The number of benzene rings is 1. The maximum atomic E-state index is 11.5. The van der Waals surface area contributed by atoms with Crippen LogP contribution in [0.15, 0.2) is 18.2 Å². The SMILES string of the molecule is NC(=O)C1CCN(c2ccc(N3CCCC3)cc2[N+](=O)[O-])CC1. The lowest BCUT2D eigenvalue weighted by atomic mass is 9.96. The Morgan fingerprint density at radius 3 is 2.35 bits per heavy atom. The van der Waals surface area contributed by atoms with E-state index in [2.05, 4.69) is 4.90 Å². The third-order valence-corrected chi connectivity index (χ3v) is 4.86. The third kappa shape index (κ3) is 3.23. The van der Waals surface area contributed by atoms with Gasteiger partial charge in [-0.25, -0.2) is 0 Å². The van der Waals surface area contributed by atoms with Gasteiger partial charge >= 0.3 is 0 Å². The number of piperidine rings is 1. The molecule has 7 nitrogen and oxygen atoms in total. The number of carbonyl (C=O) groups excluding carboxylic acids is 1. The van der Waals surface area contributed by atoms with Crippen molar-refractivity contribution >= 4 is 23.0 Å². The van der Waals surface area contributed by atoms with Gasteiger partial charge in [0.05, 0.1) is 4.92 Å². The minimum absolute atomic E-state index is 0.117. The molecule has 2 fully saturated rings. The minimum atomic E-state index is -0.310. The first-order chi connectivity index (χ1) is 11.1. The van der Waals surface area contributed by atoms with Gasteiger partial charge in [0.15, 0.2) is 0 Å². The average molecular weight is 318 g/mol. The van der Waals surface area contributed by atoms with Crippen LogP contribution >= 0.6 is 0 Å². The number of primary amides is 1. The fourth-order valence-electron chi connectivity index (χ4n) is 3.50. The summed E-state index contributed by atoms with van der Waals surface area (Å²) in [7, 11) is 0. The van der Waals surface area contributed by atoms with Gasteiger partial charge in [-0.05, 0) is 37.8 Å². The molecule has 2 aliphatic rings. The van der Waals surface area contributed by atoms with Gasteiger partial charge in [0.2, 0.25) is 5.91 Å². The molecular formula is C16H22N4O3. The number of hydrogen-bond donors (Lipinski definition) is 1. The average Bonchev–Trinajstić information content (AvgIpc) is 3.09. The first-order valence-corrected chi connectivity index (χ1v) is 8.14. The predicted octanol–water partition coefficient (Wildman–Crippen LogP) is 1.90. The molecule has 23 heavy (non-hydrogen) atoms. The van der Waals surface area contributed by atoms with Gasteiger partial charge < -0.3 is 15.5 Å². The molecule has 0 saturated carbocycles. The number of anilines is 2. The Kier molecular flexibility index (Phi) is 4.36. The molecule has 124 valence electrons. The van der Waals surface area contributed by atoms with Crippen molar-refractivity contribution < 1.29 is 9.72 Å². The molecule has 1 aromatic rings. The molecule has 1 aromatic carbocycles. The summed E-state index contributed by atoms with van der Waals surface area (Å²) in [4.78, 5) is 26.6. The molecule has 0 aromatic heterocycles. The Bertz CT molecular complexity index is 605. The number of carbonyl (C=O) groups is 1. The second kappa shape index (κ2) is 6.44. The van der Waals surface area contributed by atoms with Crippen molar-refractivity contribution in [2.24, 2.45) is 11.7 Å². The fourth-order valence-corrected chi connectivity index (χ4v) is 3.50. The van der Waals surface area contributed by atoms with Crippen molar-refractivity contribution in [2.45, 2.75) is 25.7 Å². The van der Waals surface area contributed by atoms with Gasteiger partial charge in [0.25, 0.3) is 5.69 Å². The number of nitro benzene ring substituents is 1. The van der Waals surface area contributed by atoms with Crippen molar-refractivity contribution in [1.82, 2.24) is 0 Å². The predicted molar refractivity (Wildman–Crippen MR) is 88.7 cm³/mol. The lowest BCUT2D eigenvalue weighted by Crippen LogP contribution is -2.38. The molecule has 2 saturated heterocycles. The van der Waals surface area contributed by atoms with Gasteiger partial charge in [-0.2, -0.15) is 0 Å².